The Hall–Kier alpha value is -4.39. The molecule has 196 valence electrons. The first-order chi connectivity index (χ1) is 18.9. The fraction of sp³-hybridized carbons (Fsp3) is 0.125. The number of H-pyrrole nitrogens is 1. The molecular weight excluding hydrogens is 514 g/mol. The molecule has 6 nitrogen and oxygen atoms in total. The first-order valence-electron chi connectivity index (χ1n) is 12.4. The second kappa shape index (κ2) is 11.2. The molecule has 0 saturated heterocycles. The van der Waals surface area contributed by atoms with Gasteiger partial charge in [0.15, 0.2) is 5.60 Å². The van der Waals surface area contributed by atoms with Crippen LogP contribution in [0.15, 0.2) is 103 Å². The van der Waals surface area contributed by atoms with E-state index in [1.54, 1.807) is 66.7 Å². The van der Waals surface area contributed by atoms with Crippen LogP contribution in [0.2, 0.25) is 5.02 Å². The summed E-state index contributed by atoms with van der Waals surface area (Å²) in [6.45, 7) is 0.385. The molecule has 39 heavy (non-hydrogen) atoms. The molecule has 0 amide bonds. The number of methoxy groups -OCH3 is 1. The van der Waals surface area contributed by atoms with Crippen LogP contribution in [0.25, 0.3) is 10.9 Å². The Labute approximate surface area is 230 Å². The van der Waals surface area contributed by atoms with Gasteiger partial charge in [-0.25, -0.2) is 0 Å². The number of aromatic nitrogens is 1. The predicted molar refractivity (Wildman–Crippen MR) is 150 cm³/mol. The number of halogens is 1. The molecule has 0 radical (unpaired) electrons. The minimum Gasteiger partial charge on any atom is -0.489 e. The Morgan fingerprint density at radius 1 is 0.872 bits per heavy atom. The molecule has 1 atom stereocenters. The fourth-order valence-electron chi connectivity index (χ4n) is 4.64. The van der Waals surface area contributed by atoms with Crippen molar-refractivity contribution in [1.29, 1.82) is 0 Å². The standard InChI is InChI=1S/C32H26ClNO5/c1-38-29(35)19-27-26-17-14-24(33)18-28(26)34-30(27)31(36)32(37,22-10-6-3-7-11-22)23-12-15-25(16-13-23)39-20-21-8-4-2-5-9-21/h2-18,34,37H,19-20H2,1H3. The largest absolute Gasteiger partial charge is 0.489 e. The molecular formula is C32H26ClNO5. The summed E-state index contributed by atoms with van der Waals surface area (Å²) in [5.74, 6) is -0.530. The van der Waals surface area contributed by atoms with E-state index in [1.807, 2.05) is 36.4 Å². The van der Waals surface area contributed by atoms with Gasteiger partial charge in [-0.1, -0.05) is 90.5 Å². The number of esters is 1. The number of rotatable bonds is 9. The van der Waals surface area contributed by atoms with Gasteiger partial charge < -0.3 is 19.6 Å². The summed E-state index contributed by atoms with van der Waals surface area (Å²) in [5.41, 5.74) is 0.804. The summed E-state index contributed by atoms with van der Waals surface area (Å²) in [7, 11) is 1.29. The van der Waals surface area contributed by atoms with Crippen molar-refractivity contribution in [3.8, 4) is 5.75 Å². The average Bonchev–Trinajstić information content (AvgIpc) is 3.33. The van der Waals surface area contributed by atoms with E-state index in [0.717, 1.165) is 5.56 Å². The van der Waals surface area contributed by atoms with Gasteiger partial charge >= 0.3 is 5.97 Å². The van der Waals surface area contributed by atoms with Crippen molar-refractivity contribution in [1.82, 2.24) is 4.98 Å². The third-order valence-corrected chi connectivity index (χ3v) is 6.92. The molecule has 0 aliphatic carbocycles. The molecule has 0 bridgehead atoms. The summed E-state index contributed by atoms with van der Waals surface area (Å²) in [5, 5.41) is 13.3. The van der Waals surface area contributed by atoms with Crippen LogP contribution in [0.4, 0.5) is 0 Å². The average molecular weight is 540 g/mol. The quantitative estimate of drug-likeness (QED) is 0.171. The normalized spacial score (nSPS) is 12.6. The van der Waals surface area contributed by atoms with Crippen LogP contribution >= 0.6 is 11.6 Å². The second-order valence-electron chi connectivity index (χ2n) is 9.13. The topological polar surface area (TPSA) is 88.6 Å². The molecule has 0 aliphatic rings. The Morgan fingerprint density at radius 2 is 1.51 bits per heavy atom. The van der Waals surface area contributed by atoms with E-state index in [4.69, 9.17) is 21.1 Å². The first kappa shape index (κ1) is 26.2. The SMILES string of the molecule is COC(=O)Cc1c(C(=O)C(O)(c2ccccc2)c2ccc(OCc3ccccc3)cc2)[nH]c2cc(Cl)ccc12. The molecule has 0 aliphatic heterocycles. The number of benzene rings is 4. The van der Waals surface area contributed by atoms with Crippen LogP contribution in [0.5, 0.6) is 5.75 Å². The summed E-state index contributed by atoms with van der Waals surface area (Å²) in [6.07, 6.45) is -0.156. The highest BCUT2D eigenvalue weighted by molar-refractivity contribution is 6.31. The zero-order valence-electron chi connectivity index (χ0n) is 21.2. The number of hydrogen-bond donors (Lipinski definition) is 2. The van der Waals surface area contributed by atoms with Crippen molar-refractivity contribution in [2.75, 3.05) is 7.11 Å². The number of ketones is 1. The molecule has 1 heterocycles. The minimum atomic E-state index is -2.06. The smallest absolute Gasteiger partial charge is 0.310 e. The summed E-state index contributed by atoms with van der Waals surface area (Å²) in [6, 6.07) is 30.4. The van der Waals surface area contributed by atoms with E-state index in [2.05, 4.69) is 4.98 Å². The van der Waals surface area contributed by atoms with Crippen LogP contribution in [-0.2, 0) is 28.2 Å². The molecule has 1 unspecified atom stereocenters. The Bertz CT molecular complexity index is 1610. The molecule has 1 aromatic heterocycles. The van der Waals surface area contributed by atoms with E-state index >= 15 is 0 Å². The number of aromatic amines is 1. The summed E-state index contributed by atoms with van der Waals surface area (Å²) < 4.78 is 10.8. The van der Waals surface area contributed by atoms with Crippen molar-refractivity contribution in [2.24, 2.45) is 0 Å². The number of aliphatic hydroxyl groups is 1. The molecule has 7 heteroatoms. The van der Waals surface area contributed by atoms with Gasteiger partial charge in [0.1, 0.15) is 12.4 Å². The van der Waals surface area contributed by atoms with Gasteiger partial charge in [0.25, 0.3) is 0 Å². The molecule has 0 saturated carbocycles. The summed E-state index contributed by atoms with van der Waals surface area (Å²) >= 11 is 6.20. The van der Waals surface area contributed by atoms with Crippen LogP contribution in [0.1, 0.15) is 32.7 Å². The van der Waals surface area contributed by atoms with Crippen molar-refractivity contribution >= 4 is 34.3 Å². The third kappa shape index (κ3) is 5.30. The lowest BCUT2D eigenvalue weighted by molar-refractivity contribution is -0.139. The number of carbonyl (C=O) groups excluding carboxylic acids is 2. The van der Waals surface area contributed by atoms with Crippen molar-refractivity contribution in [2.45, 2.75) is 18.6 Å². The number of carbonyl (C=O) groups is 2. The highest BCUT2D eigenvalue weighted by Crippen LogP contribution is 2.37. The maximum atomic E-state index is 14.3. The maximum Gasteiger partial charge on any atom is 0.310 e. The van der Waals surface area contributed by atoms with Crippen molar-refractivity contribution < 1.29 is 24.2 Å². The van der Waals surface area contributed by atoms with Gasteiger partial charge in [0.2, 0.25) is 5.78 Å². The number of nitrogens with one attached hydrogen (secondary N) is 1. The minimum absolute atomic E-state index is 0.105. The number of hydrogen-bond acceptors (Lipinski definition) is 5. The lowest BCUT2D eigenvalue weighted by Crippen LogP contribution is -2.38. The maximum absolute atomic E-state index is 14.3. The van der Waals surface area contributed by atoms with E-state index in [1.165, 1.54) is 7.11 Å². The zero-order chi connectivity index (χ0) is 27.4. The van der Waals surface area contributed by atoms with E-state index in [-0.39, 0.29) is 12.1 Å². The van der Waals surface area contributed by atoms with Crippen LogP contribution in [0.3, 0.4) is 0 Å². The molecule has 0 fully saturated rings. The highest BCUT2D eigenvalue weighted by Gasteiger charge is 2.42. The van der Waals surface area contributed by atoms with E-state index in [0.29, 0.717) is 45.0 Å². The lowest BCUT2D eigenvalue weighted by Gasteiger charge is -2.28. The van der Waals surface area contributed by atoms with Crippen molar-refractivity contribution in [3.05, 3.63) is 136 Å². The number of fused-ring (bicyclic) bond motifs is 1. The van der Waals surface area contributed by atoms with Gasteiger partial charge in [-0.05, 0) is 46.5 Å². The highest BCUT2D eigenvalue weighted by atomic mass is 35.5. The van der Waals surface area contributed by atoms with Gasteiger partial charge in [-0.15, -0.1) is 0 Å². The third-order valence-electron chi connectivity index (χ3n) is 6.68. The lowest BCUT2D eigenvalue weighted by atomic mass is 9.80. The van der Waals surface area contributed by atoms with E-state index in [9.17, 15) is 14.7 Å². The Morgan fingerprint density at radius 3 is 2.18 bits per heavy atom. The van der Waals surface area contributed by atoms with Crippen LogP contribution < -0.4 is 4.74 Å². The number of ether oxygens (including phenoxy) is 2. The monoisotopic (exact) mass is 539 g/mol. The van der Waals surface area contributed by atoms with Crippen molar-refractivity contribution in [3.63, 3.8) is 0 Å². The molecule has 5 rings (SSSR count). The predicted octanol–water partition coefficient (Wildman–Crippen LogP) is 6.23. The zero-order valence-corrected chi connectivity index (χ0v) is 21.9. The van der Waals surface area contributed by atoms with Gasteiger partial charge in [-0.3, -0.25) is 9.59 Å². The van der Waals surface area contributed by atoms with E-state index < -0.39 is 17.4 Å². The van der Waals surface area contributed by atoms with Crippen LogP contribution in [0, 0.1) is 0 Å². The van der Waals surface area contributed by atoms with Crippen LogP contribution in [-0.4, -0.2) is 29.0 Å². The first-order valence-corrected chi connectivity index (χ1v) is 12.7. The number of Topliss-reactive ketones (excluding diaryl/α,β-unsaturated/α-hetero) is 1. The molecule has 4 aromatic carbocycles. The van der Waals surface area contributed by atoms with Gasteiger partial charge in [0.05, 0.1) is 19.2 Å². The molecule has 5 aromatic rings. The molecule has 0 spiro atoms. The van der Waals surface area contributed by atoms with Gasteiger partial charge in [0, 0.05) is 15.9 Å². The second-order valence-corrected chi connectivity index (χ2v) is 9.56. The van der Waals surface area contributed by atoms with Gasteiger partial charge in [-0.2, -0.15) is 0 Å². The Balaban J connectivity index is 1.57. The molecule has 2 N–H and O–H groups in total. The fourth-order valence-corrected chi connectivity index (χ4v) is 4.82. The Kier molecular flexibility index (Phi) is 7.50. The summed E-state index contributed by atoms with van der Waals surface area (Å²) in [4.78, 5) is 29.7.